The number of hydrogen-bond acceptors (Lipinski definition) is 3. The SMILES string of the molecule is CCC(=O)Nc1ccc(C)c(NC(=O)c2cc(CC)nn2C)c1. The molecule has 0 aliphatic rings. The third kappa shape index (κ3) is 3.97. The minimum Gasteiger partial charge on any atom is -0.326 e. The van der Waals surface area contributed by atoms with E-state index >= 15 is 0 Å². The van der Waals surface area contributed by atoms with E-state index in [0.717, 1.165) is 17.7 Å². The molecule has 0 aliphatic carbocycles. The Morgan fingerprint density at radius 2 is 1.91 bits per heavy atom. The first-order valence-electron chi connectivity index (χ1n) is 7.69. The number of anilines is 2. The van der Waals surface area contributed by atoms with Crippen molar-refractivity contribution in [1.29, 1.82) is 0 Å². The van der Waals surface area contributed by atoms with Gasteiger partial charge in [0.1, 0.15) is 5.69 Å². The summed E-state index contributed by atoms with van der Waals surface area (Å²) in [5, 5.41) is 9.96. The smallest absolute Gasteiger partial charge is 0.273 e. The molecular weight excluding hydrogens is 292 g/mol. The summed E-state index contributed by atoms with van der Waals surface area (Å²) < 4.78 is 1.58. The first-order chi connectivity index (χ1) is 10.9. The van der Waals surface area contributed by atoms with Gasteiger partial charge in [0.05, 0.1) is 5.69 Å². The summed E-state index contributed by atoms with van der Waals surface area (Å²) in [5.41, 5.74) is 3.63. The molecular formula is C17H22N4O2. The molecule has 0 saturated carbocycles. The van der Waals surface area contributed by atoms with Gasteiger partial charge in [-0.05, 0) is 37.1 Å². The Morgan fingerprint density at radius 1 is 1.17 bits per heavy atom. The largest absolute Gasteiger partial charge is 0.326 e. The maximum Gasteiger partial charge on any atom is 0.273 e. The fraction of sp³-hybridized carbons (Fsp3) is 0.353. The van der Waals surface area contributed by atoms with Crippen LogP contribution in [-0.4, -0.2) is 21.6 Å². The number of hydrogen-bond donors (Lipinski definition) is 2. The molecule has 0 saturated heterocycles. The predicted molar refractivity (Wildman–Crippen MR) is 90.6 cm³/mol. The Morgan fingerprint density at radius 3 is 2.52 bits per heavy atom. The second-order valence-corrected chi connectivity index (χ2v) is 5.38. The normalized spacial score (nSPS) is 10.4. The van der Waals surface area contributed by atoms with Gasteiger partial charge in [-0.2, -0.15) is 5.10 Å². The first kappa shape index (κ1) is 16.7. The fourth-order valence-electron chi connectivity index (χ4n) is 2.18. The van der Waals surface area contributed by atoms with Crippen LogP contribution in [0.4, 0.5) is 11.4 Å². The van der Waals surface area contributed by atoms with Gasteiger partial charge in [-0.15, -0.1) is 0 Å². The second kappa shape index (κ2) is 7.09. The molecule has 2 aromatic rings. The van der Waals surface area contributed by atoms with Gasteiger partial charge in [-0.1, -0.05) is 19.9 Å². The van der Waals surface area contributed by atoms with Gasteiger partial charge in [0.25, 0.3) is 5.91 Å². The van der Waals surface area contributed by atoms with Crippen LogP contribution in [0, 0.1) is 6.92 Å². The van der Waals surface area contributed by atoms with Crippen LogP contribution in [-0.2, 0) is 18.3 Å². The quantitative estimate of drug-likeness (QED) is 0.891. The number of rotatable bonds is 5. The molecule has 23 heavy (non-hydrogen) atoms. The van der Waals surface area contributed by atoms with Crippen LogP contribution >= 0.6 is 0 Å². The zero-order chi connectivity index (χ0) is 17.0. The van der Waals surface area contributed by atoms with Crippen molar-refractivity contribution in [3.8, 4) is 0 Å². The summed E-state index contributed by atoms with van der Waals surface area (Å²) in [4.78, 5) is 23.9. The van der Waals surface area contributed by atoms with Crippen molar-refractivity contribution in [2.45, 2.75) is 33.6 Å². The predicted octanol–water partition coefficient (Wildman–Crippen LogP) is 2.89. The summed E-state index contributed by atoms with van der Waals surface area (Å²) in [6.07, 6.45) is 1.18. The summed E-state index contributed by atoms with van der Waals surface area (Å²) in [5.74, 6) is -0.285. The van der Waals surface area contributed by atoms with Gasteiger partial charge in [0, 0.05) is 24.8 Å². The van der Waals surface area contributed by atoms with E-state index in [9.17, 15) is 9.59 Å². The van der Waals surface area contributed by atoms with Crippen LogP contribution in [0.15, 0.2) is 24.3 Å². The summed E-state index contributed by atoms with van der Waals surface area (Å²) in [6, 6.07) is 7.23. The Hall–Kier alpha value is -2.63. The highest BCUT2D eigenvalue weighted by Crippen LogP contribution is 2.21. The van der Waals surface area contributed by atoms with Crippen LogP contribution < -0.4 is 10.6 Å². The molecule has 6 nitrogen and oxygen atoms in total. The van der Waals surface area contributed by atoms with E-state index in [2.05, 4.69) is 15.7 Å². The van der Waals surface area contributed by atoms with Crippen molar-refractivity contribution in [1.82, 2.24) is 9.78 Å². The van der Waals surface area contributed by atoms with Gasteiger partial charge < -0.3 is 10.6 Å². The van der Waals surface area contributed by atoms with Crippen molar-refractivity contribution in [3.63, 3.8) is 0 Å². The number of carbonyl (C=O) groups excluding carboxylic acids is 2. The van der Waals surface area contributed by atoms with E-state index in [1.165, 1.54) is 0 Å². The van der Waals surface area contributed by atoms with Gasteiger partial charge in [0.2, 0.25) is 5.91 Å². The zero-order valence-corrected chi connectivity index (χ0v) is 13.9. The van der Waals surface area contributed by atoms with Crippen molar-refractivity contribution < 1.29 is 9.59 Å². The van der Waals surface area contributed by atoms with E-state index < -0.39 is 0 Å². The Balaban J connectivity index is 2.21. The number of nitrogens with zero attached hydrogens (tertiary/aromatic N) is 2. The molecule has 0 spiro atoms. The van der Waals surface area contributed by atoms with Gasteiger partial charge >= 0.3 is 0 Å². The highest BCUT2D eigenvalue weighted by Gasteiger charge is 2.14. The van der Waals surface area contributed by atoms with Crippen LogP contribution in [0.3, 0.4) is 0 Å². The van der Waals surface area contributed by atoms with Gasteiger partial charge in [-0.3, -0.25) is 14.3 Å². The Kier molecular flexibility index (Phi) is 5.16. The summed E-state index contributed by atoms with van der Waals surface area (Å²) >= 11 is 0. The number of carbonyl (C=O) groups is 2. The topological polar surface area (TPSA) is 76.0 Å². The average molecular weight is 314 g/mol. The number of benzene rings is 1. The van der Waals surface area contributed by atoms with E-state index in [1.54, 1.807) is 30.8 Å². The fourth-order valence-corrected chi connectivity index (χ4v) is 2.18. The van der Waals surface area contributed by atoms with E-state index in [-0.39, 0.29) is 11.8 Å². The lowest BCUT2D eigenvalue weighted by molar-refractivity contribution is -0.115. The monoisotopic (exact) mass is 314 g/mol. The van der Waals surface area contributed by atoms with E-state index in [4.69, 9.17) is 0 Å². The highest BCUT2D eigenvalue weighted by molar-refractivity contribution is 6.04. The second-order valence-electron chi connectivity index (χ2n) is 5.38. The van der Waals surface area contributed by atoms with Crippen LogP contribution in [0.1, 0.15) is 42.0 Å². The lowest BCUT2D eigenvalue weighted by atomic mass is 10.1. The molecule has 0 unspecified atom stereocenters. The molecule has 2 rings (SSSR count). The van der Waals surface area contributed by atoms with Gasteiger partial charge in [0.15, 0.2) is 0 Å². The van der Waals surface area contributed by atoms with Crippen LogP contribution in [0.25, 0.3) is 0 Å². The van der Waals surface area contributed by atoms with Crippen molar-refractivity contribution in [2.24, 2.45) is 7.05 Å². The molecule has 1 aromatic heterocycles. The van der Waals surface area contributed by atoms with Gasteiger partial charge in [-0.25, -0.2) is 0 Å². The first-order valence-corrected chi connectivity index (χ1v) is 7.69. The lowest BCUT2D eigenvalue weighted by Crippen LogP contribution is -2.17. The Labute approximate surface area is 135 Å². The molecule has 122 valence electrons. The molecule has 0 bridgehead atoms. The molecule has 0 aliphatic heterocycles. The van der Waals surface area contributed by atoms with E-state index in [1.807, 2.05) is 26.0 Å². The maximum absolute atomic E-state index is 12.4. The lowest BCUT2D eigenvalue weighted by Gasteiger charge is -2.11. The number of amides is 2. The number of aromatic nitrogens is 2. The zero-order valence-electron chi connectivity index (χ0n) is 13.9. The van der Waals surface area contributed by atoms with Crippen LogP contribution in [0.5, 0.6) is 0 Å². The molecule has 0 fully saturated rings. The maximum atomic E-state index is 12.4. The average Bonchev–Trinajstić information content (AvgIpc) is 2.91. The molecule has 1 aromatic carbocycles. The third-order valence-corrected chi connectivity index (χ3v) is 3.62. The summed E-state index contributed by atoms with van der Waals surface area (Å²) in [6.45, 7) is 5.69. The molecule has 2 amide bonds. The van der Waals surface area contributed by atoms with Crippen molar-refractivity contribution in [3.05, 3.63) is 41.2 Å². The highest BCUT2D eigenvalue weighted by atomic mass is 16.2. The van der Waals surface area contributed by atoms with Crippen molar-refractivity contribution in [2.75, 3.05) is 10.6 Å². The minimum absolute atomic E-state index is 0.0645. The minimum atomic E-state index is -0.221. The van der Waals surface area contributed by atoms with E-state index in [0.29, 0.717) is 23.5 Å². The molecule has 6 heteroatoms. The van der Waals surface area contributed by atoms with Crippen molar-refractivity contribution >= 4 is 23.2 Å². The third-order valence-electron chi connectivity index (χ3n) is 3.62. The molecule has 0 radical (unpaired) electrons. The van der Waals surface area contributed by atoms with Crippen LogP contribution in [0.2, 0.25) is 0 Å². The molecule has 2 N–H and O–H groups in total. The standard InChI is InChI=1S/C17H22N4O2/c1-5-12-10-15(21(4)20-12)17(23)19-14-9-13(8-7-11(14)3)18-16(22)6-2/h7-10H,5-6H2,1-4H3,(H,18,22)(H,19,23). The molecule has 1 heterocycles. The summed E-state index contributed by atoms with van der Waals surface area (Å²) in [7, 11) is 1.75. The Bertz CT molecular complexity index is 734. The number of nitrogens with one attached hydrogen (secondary N) is 2. The number of aryl methyl sites for hydroxylation is 3. The molecule has 0 atom stereocenters.